The summed E-state index contributed by atoms with van der Waals surface area (Å²) in [5.41, 5.74) is 17.8. The van der Waals surface area contributed by atoms with Crippen LogP contribution in [0.1, 0.15) is 11.3 Å². The van der Waals surface area contributed by atoms with Gasteiger partial charge in [-0.25, -0.2) is 0 Å². The number of nitrogens with zero attached hydrogens (tertiary/aromatic N) is 4. The predicted octanol–water partition coefficient (Wildman–Crippen LogP) is 18.3. The first kappa shape index (κ1) is 38.0. The van der Waals surface area contributed by atoms with Crippen molar-refractivity contribution in [1.82, 2.24) is 17.9 Å². The summed E-state index contributed by atoms with van der Waals surface area (Å²) in [4.78, 5) is 0. The number of allylic oxidation sites excluding steroid dienone is 2. The molecule has 0 spiro atoms. The van der Waals surface area contributed by atoms with Crippen LogP contribution in [0.25, 0.3) is 170 Å². The van der Waals surface area contributed by atoms with Gasteiger partial charge in [0.1, 0.15) is 11.3 Å². The predicted molar refractivity (Wildman–Crippen MR) is 305 cm³/mol. The smallest absolute Gasteiger partial charge is 0.159 e. The summed E-state index contributed by atoms with van der Waals surface area (Å²) < 4.78 is 23.5. The first-order valence-electron chi connectivity index (χ1n) is 25.0. The van der Waals surface area contributed by atoms with Crippen molar-refractivity contribution >= 4 is 159 Å². The maximum atomic E-state index is 6.77. The maximum Gasteiger partial charge on any atom is 0.159 e. The quantitative estimate of drug-likeness (QED) is 0.165. The second-order valence-corrected chi connectivity index (χ2v) is 20.0. The number of rotatable bonds is 4. The van der Waals surface area contributed by atoms with E-state index in [9.17, 15) is 0 Å². The number of furan rings is 2. The molecule has 0 radical (unpaired) electrons. The Morgan fingerprint density at radius 2 is 0.836 bits per heavy atom. The Kier molecular flexibility index (Phi) is 6.85. The van der Waals surface area contributed by atoms with Gasteiger partial charge < -0.3 is 26.8 Å². The van der Waals surface area contributed by atoms with Crippen LogP contribution in [-0.4, -0.2) is 17.9 Å². The van der Waals surface area contributed by atoms with Crippen LogP contribution in [0.2, 0.25) is 0 Å². The molecule has 0 aliphatic carbocycles. The van der Waals surface area contributed by atoms with E-state index >= 15 is 0 Å². The van der Waals surface area contributed by atoms with Crippen LogP contribution < -0.4 is 0 Å². The summed E-state index contributed by atoms with van der Waals surface area (Å²) in [7, 11) is 0. The highest BCUT2D eigenvalue weighted by molar-refractivity contribution is 6.35. The van der Waals surface area contributed by atoms with Crippen LogP contribution in [0.3, 0.4) is 0 Å². The number of benzene rings is 10. The van der Waals surface area contributed by atoms with Crippen LogP contribution in [0.5, 0.6) is 0 Å². The molecule has 18 aromatic rings. The van der Waals surface area contributed by atoms with Crippen molar-refractivity contribution in [3.05, 3.63) is 212 Å². The highest BCUT2D eigenvalue weighted by atomic mass is 16.3. The van der Waals surface area contributed by atoms with Gasteiger partial charge >= 0.3 is 0 Å². The first-order chi connectivity index (χ1) is 36.1. The molecule has 0 N–H and O–H groups in total. The molecule has 0 aliphatic rings. The second-order valence-electron chi connectivity index (χ2n) is 20.0. The number of aromatic nitrogens is 4. The van der Waals surface area contributed by atoms with Crippen LogP contribution >= 0.6 is 0 Å². The number of aryl methyl sites for hydroxylation is 1. The van der Waals surface area contributed by atoms with Crippen molar-refractivity contribution in [3.8, 4) is 11.4 Å². The van der Waals surface area contributed by atoms with Gasteiger partial charge in [-0.2, -0.15) is 0 Å². The molecule has 8 aromatic heterocycles. The lowest BCUT2D eigenvalue weighted by Gasteiger charge is -2.10. The molecular weight excluding hydrogens is 893 g/mol. The fourth-order valence-electron chi connectivity index (χ4n) is 13.7. The molecule has 10 aromatic carbocycles. The number of hydrogen-bond acceptors (Lipinski definition) is 2. The number of hydrogen-bond donors (Lipinski definition) is 0. The Hall–Kier alpha value is -9.78. The Morgan fingerprint density at radius 3 is 1.42 bits per heavy atom. The van der Waals surface area contributed by atoms with E-state index in [1.54, 1.807) is 6.08 Å². The molecule has 0 saturated heterocycles. The number of fused-ring (bicyclic) bond motifs is 24. The van der Waals surface area contributed by atoms with Crippen LogP contribution in [0.15, 0.2) is 210 Å². The third-order valence-corrected chi connectivity index (χ3v) is 16.6. The molecule has 0 bridgehead atoms. The molecule has 0 unspecified atom stereocenters. The van der Waals surface area contributed by atoms with E-state index in [-0.39, 0.29) is 0 Å². The molecule has 73 heavy (non-hydrogen) atoms. The standard InChI is InChI=1S/C67H38N4O2/c1-3-4-28-58-36(2)37-18-13-26-54(66(37)72-58)68-50-24-8-5-15-38(50)43-30-32-52-60(64(43)68)46-22-11-19-41-48-35-57-49(34-56(48)70(52)62(41)46)42-20-12-23-47-61-53(71(57)63(42)47)33-31-44-39-16-6-9-25-51(39)69(65(44)61)55-27-14-21-45-40-17-7-10-29-59(40)73-67(45)55/h3-35H,1H2,2H3/b28-4-. The third kappa shape index (κ3) is 4.45. The van der Waals surface area contributed by atoms with Crippen LogP contribution in [0, 0.1) is 6.92 Å². The van der Waals surface area contributed by atoms with E-state index in [0.717, 1.165) is 66.6 Å². The lowest BCUT2D eigenvalue weighted by molar-refractivity contribution is 0.599. The first-order valence-corrected chi connectivity index (χ1v) is 25.0. The van der Waals surface area contributed by atoms with Crippen LogP contribution in [-0.2, 0) is 0 Å². The maximum absolute atomic E-state index is 6.77. The Bertz CT molecular complexity index is 5550. The molecule has 0 atom stereocenters. The van der Waals surface area contributed by atoms with E-state index in [1.165, 1.54) is 109 Å². The highest BCUT2D eigenvalue weighted by Crippen LogP contribution is 2.50. The highest BCUT2D eigenvalue weighted by Gasteiger charge is 2.28. The van der Waals surface area contributed by atoms with E-state index in [1.807, 2.05) is 12.2 Å². The van der Waals surface area contributed by atoms with Gasteiger partial charge in [0, 0.05) is 86.4 Å². The third-order valence-electron chi connectivity index (χ3n) is 16.6. The van der Waals surface area contributed by atoms with Gasteiger partial charge in [-0.3, -0.25) is 0 Å². The zero-order valence-electron chi connectivity index (χ0n) is 39.4. The van der Waals surface area contributed by atoms with E-state index in [2.05, 4.69) is 213 Å². The lowest BCUT2D eigenvalue weighted by Crippen LogP contribution is -1.95. The summed E-state index contributed by atoms with van der Waals surface area (Å²) in [6, 6.07) is 67.2. The van der Waals surface area contributed by atoms with Crippen molar-refractivity contribution in [1.29, 1.82) is 0 Å². The fraction of sp³-hybridized carbons (Fsp3) is 0.0149. The van der Waals surface area contributed by atoms with Crippen molar-refractivity contribution < 1.29 is 8.83 Å². The summed E-state index contributed by atoms with van der Waals surface area (Å²) in [6.07, 6.45) is 5.74. The van der Waals surface area contributed by atoms with E-state index in [0.29, 0.717) is 0 Å². The molecule has 0 saturated carbocycles. The van der Waals surface area contributed by atoms with Gasteiger partial charge in [0.05, 0.1) is 66.5 Å². The van der Waals surface area contributed by atoms with Gasteiger partial charge in [0.25, 0.3) is 0 Å². The van der Waals surface area contributed by atoms with Gasteiger partial charge in [0.15, 0.2) is 11.2 Å². The molecule has 0 amide bonds. The molecule has 6 nitrogen and oxygen atoms in total. The average molecular weight is 931 g/mol. The SMILES string of the molecule is C=C/C=C\c1oc2c(-n3c4ccccc4c4ccc5c(c6cccc7c8cc9c(cc8n5c76)c5cccc6c7c8c(ccc7n9c56)c5ccccc5n8-c5cccc6c5oc5ccccc56)c43)cccc2c1C. The molecule has 6 heteroatoms. The summed E-state index contributed by atoms with van der Waals surface area (Å²) in [5.74, 6) is 0.844. The van der Waals surface area contributed by atoms with Crippen molar-refractivity contribution in [2.75, 3.05) is 0 Å². The van der Waals surface area contributed by atoms with Gasteiger partial charge in [0.2, 0.25) is 0 Å². The lowest BCUT2D eigenvalue weighted by atomic mass is 10.0. The minimum atomic E-state index is 0.844. The van der Waals surface area contributed by atoms with Crippen molar-refractivity contribution in [3.63, 3.8) is 0 Å². The molecule has 0 aliphatic heterocycles. The molecular formula is C67H38N4O2. The Labute approximate surface area is 413 Å². The zero-order valence-corrected chi connectivity index (χ0v) is 39.4. The number of para-hydroxylation sites is 7. The fourth-order valence-corrected chi connectivity index (χ4v) is 13.7. The van der Waals surface area contributed by atoms with Crippen molar-refractivity contribution in [2.24, 2.45) is 0 Å². The van der Waals surface area contributed by atoms with E-state index in [4.69, 9.17) is 8.83 Å². The molecule has 18 rings (SSSR count). The average Bonchev–Trinajstić information content (AvgIpc) is 4.32. The molecule has 0 fully saturated rings. The summed E-state index contributed by atoms with van der Waals surface area (Å²) >= 11 is 0. The van der Waals surface area contributed by atoms with Crippen molar-refractivity contribution in [2.45, 2.75) is 6.92 Å². The summed E-state index contributed by atoms with van der Waals surface area (Å²) in [6.45, 7) is 6.05. The Balaban J connectivity index is 0.945. The second kappa shape index (κ2) is 13.1. The minimum absolute atomic E-state index is 0.844. The minimum Gasteiger partial charge on any atom is -0.454 e. The molecule has 338 valence electrons. The van der Waals surface area contributed by atoms with Gasteiger partial charge in [-0.15, -0.1) is 0 Å². The van der Waals surface area contributed by atoms with Crippen LogP contribution in [0.4, 0.5) is 0 Å². The molecule has 8 heterocycles. The Morgan fingerprint density at radius 1 is 0.370 bits per heavy atom. The topological polar surface area (TPSA) is 45.0 Å². The largest absolute Gasteiger partial charge is 0.454 e. The van der Waals surface area contributed by atoms with Gasteiger partial charge in [-0.05, 0) is 67.6 Å². The monoisotopic (exact) mass is 930 g/mol. The normalized spacial score (nSPS) is 13.0. The summed E-state index contributed by atoms with van der Waals surface area (Å²) in [5, 5.41) is 18.2. The van der Waals surface area contributed by atoms with Gasteiger partial charge in [-0.1, -0.05) is 146 Å². The zero-order chi connectivity index (χ0) is 47.5. The van der Waals surface area contributed by atoms with E-state index < -0.39 is 0 Å².